The van der Waals surface area contributed by atoms with Crippen LogP contribution in [0, 0.1) is 5.92 Å². The Kier molecular flexibility index (Phi) is 7.25. The third-order valence-electron chi connectivity index (χ3n) is 7.17. The van der Waals surface area contributed by atoms with Crippen LogP contribution in [-0.2, 0) is 13.0 Å². The van der Waals surface area contributed by atoms with Gasteiger partial charge in [0.15, 0.2) is 0 Å². The largest absolute Gasteiger partial charge is 0.493 e. The monoisotopic (exact) mass is 454 g/mol. The van der Waals surface area contributed by atoms with Gasteiger partial charge in [0.25, 0.3) is 5.91 Å². The van der Waals surface area contributed by atoms with Crippen LogP contribution in [-0.4, -0.2) is 48.5 Å². The average molecular weight is 455 g/mol. The van der Waals surface area contributed by atoms with Crippen molar-refractivity contribution in [3.8, 4) is 5.75 Å². The molecular weight excluding hydrogens is 420 g/mol. The zero-order valence-corrected chi connectivity index (χ0v) is 19.9. The van der Waals surface area contributed by atoms with E-state index in [1.807, 2.05) is 23.1 Å². The van der Waals surface area contributed by atoms with Crippen LogP contribution >= 0.6 is 0 Å². The van der Waals surface area contributed by atoms with Crippen LogP contribution in [0.25, 0.3) is 0 Å². The summed E-state index contributed by atoms with van der Waals surface area (Å²) in [5.74, 6) is 1.82. The molecule has 5 rings (SSSR count). The van der Waals surface area contributed by atoms with Crippen molar-refractivity contribution >= 4 is 5.91 Å². The summed E-state index contributed by atoms with van der Waals surface area (Å²) in [6.07, 6.45) is 4.27. The molecule has 0 aliphatic carbocycles. The topological polar surface area (TPSA) is 32.8 Å². The predicted octanol–water partition coefficient (Wildman–Crippen LogP) is 5.41. The maximum Gasteiger partial charge on any atom is 0.254 e. The molecule has 1 saturated heterocycles. The second kappa shape index (κ2) is 10.9. The summed E-state index contributed by atoms with van der Waals surface area (Å²) >= 11 is 0. The van der Waals surface area contributed by atoms with Crippen molar-refractivity contribution in [2.24, 2.45) is 5.92 Å². The van der Waals surface area contributed by atoms with Crippen LogP contribution < -0.4 is 4.74 Å². The first-order valence-corrected chi connectivity index (χ1v) is 12.6. The molecule has 3 aromatic rings. The highest BCUT2D eigenvalue weighted by Gasteiger charge is 2.30. The van der Waals surface area contributed by atoms with Gasteiger partial charge >= 0.3 is 0 Å². The first-order chi connectivity index (χ1) is 16.8. The van der Waals surface area contributed by atoms with Gasteiger partial charge in [-0.25, -0.2) is 0 Å². The van der Waals surface area contributed by atoms with Gasteiger partial charge < -0.3 is 14.5 Å². The Hall–Kier alpha value is -3.11. The van der Waals surface area contributed by atoms with Crippen molar-refractivity contribution in [3.63, 3.8) is 0 Å². The number of piperidine rings is 1. The summed E-state index contributed by atoms with van der Waals surface area (Å²) in [7, 11) is 0. The molecule has 4 heteroatoms. The molecule has 0 bridgehead atoms. The molecule has 0 aromatic heterocycles. The first kappa shape index (κ1) is 22.7. The van der Waals surface area contributed by atoms with Gasteiger partial charge in [-0.3, -0.25) is 4.79 Å². The van der Waals surface area contributed by atoms with Crippen molar-refractivity contribution in [2.75, 3.05) is 32.8 Å². The summed E-state index contributed by atoms with van der Waals surface area (Å²) < 4.78 is 6.18. The van der Waals surface area contributed by atoms with Crippen molar-refractivity contribution < 1.29 is 9.53 Å². The SMILES string of the molecule is O=C1c2ccccc2CN1CC1CCN(CCCOc2ccccc2Cc2ccccc2)CC1. The molecule has 2 aliphatic rings. The number of carbonyl (C=O) groups excluding carboxylic acids is 1. The summed E-state index contributed by atoms with van der Waals surface area (Å²) in [5.41, 5.74) is 4.62. The Balaban J connectivity index is 1.02. The van der Waals surface area contributed by atoms with Gasteiger partial charge in [0.1, 0.15) is 5.75 Å². The van der Waals surface area contributed by atoms with Crippen LogP contribution in [0.3, 0.4) is 0 Å². The average Bonchev–Trinajstić information content (AvgIpc) is 3.19. The zero-order valence-electron chi connectivity index (χ0n) is 19.9. The lowest BCUT2D eigenvalue weighted by molar-refractivity contribution is 0.0712. The molecule has 0 radical (unpaired) electrons. The van der Waals surface area contributed by atoms with Crippen molar-refractivity contribution in [3.05, 3.63) is 101 Å². The molecule has 4 nitrogen and oxygen atoms in total. The highest BCUT2D eigenvalue weighted by Crippen LogP contribution is 2.26. The van der Waals surface area contributed by atoms with Crippen LogP contribution in [0.1, 0.15) is 46.3 Å². The predicted molar refractivity (Wildman–Crippen MR) is 136 cm³/mol. The fourth-order valence-electron chi connectivity index (χ4n) is 5.24. The number of hydrogen-bond acceptors (Lipinski definition) is 3. The van der Waals surface area contributed by atoms with E-state index >= 15 is 0 Å². The van der Waals surface area contributed by atoms with Gasteiger partial charge in [0.05, 0.1) is 6.61 Å². The van der Waals surface area contributed by atoms with Crippen LogP contribution in [0.4, 0.5) is 0 Å². The summed E-state index contributed by atoms with van der Waals surface area (Å²) in [6.45, 7) is 5.71. The number of hydrogen-bond donors (Lipinski definition) is 0. The molecule has 1 amide bonds. The molecule has 2 aliphatic heterocycles. The Bertz CT molecular complexity index is 1090. The Morgan fingerprint density at radius 2 is 1.59 bits per heavy atom. The van der Waals surface area contributed by atoms with Crippen molar-refractivity contribution in [2.45, 2.75) is 32.2 Å². The van der Waals surface area contributed by atoms with Gasteiger partial charge in [0, 0.05) is 31.6 Å². The molecule has 3 aromatic carbocycles. The van der Waals surface area contributed by atoms with Gasteiger partial charge in [-0.15, -0.1) is 0 Å². The van der Waals surface area contributed by atoms with E-state index in [4.69, 9.17) is 4.74 Å². The van der Waals surface area contributed by atoms with Crippen LogP contribution in [0.15, 0.2) is 78.9 Å². The number of carbonyl (C=O) groups is 1. The van der Waals surface area contributed by atoms with E-state index in [-0.39, 0.29) is 5.91 Å². The Morgan fingerprint density at radius 1 is 0.853 bits per heavy atom. The third-order valence-corrected chi connectivity index (χ3v) is 7.17. The van der Waals surface area contributed by atoms with E-state index in [2.05, 4.69) is 65.6 Å². The number of fused-ring (bicyclic) bond motifs is 1. The van der Waals surface area contributed by atoms with E-state index in [9.17, 15) is 4.79 Å². The molecule has 176 valence electrons. The van der Waals surface area contributed by atoms with Crippen molar-refractivity contribution in [1.29, 1.82) is 0 Å². The lowest BCUT2D eigenvalue weighted by Crippen LogP contribution is -2.39. The molecule has 0 saturated carbocycles. The highest BCUT2D eigenvalue weighted by molar-refractivity contribution is 5.98. The minimum absolute atomic E-state index is 0.211. The number of nitrogens with zero attached hydrogens (tertiary/aromatic N) is 2. The number of ether oxygens (including phenoxy) is 1. The van der Waals surface area contributed by atoms with Gasteiger partial charge in [-0.1, -0.05) is 66.7 Å². The molecule has 2 heterocycles. The third kappa shape index (κ3) is 5.51. The summed E-state index contributed by atoms with van der Waals surface area (Å²) in [5, 5.41) is 0. The van der Waals surface area contributed by atoms with E-state index in [0.29, 0.717) is 5.92 Å². The van der Waals surface area contributed by atoms with Gasteiger partial charge in [-0.05, 0) is 67.1 Å². The number of likely N-dealkylation sites (tertiary alicyclic amines) is 1. The normalized spacial score (nSPS) is 16.6. The van der Waals surface area contributed by atoms with Crippen molar-refractivity contribution in [1.82, 2.24) is 9.80 Å². The number of rotatable bonds is 9. The Labute approximate surface area is 203 Å². The second-order valence-electron chi connectivity index (χ2n) is 9.60. The zero-order chi connectivity index (χ0) is 23.2. The van der Waals surface area contributed by atoms with Crippen LogP contribution in [0.5, 0.6) is 5.75 Å². The highest BCUT2D eigenvalue weighted by atomic mass is 16.5. The van der Waals surface area contributed by atoms with Gasteiger partial charge in [-0.2, -0.15) is 0 Å². The van der Waals surface area contributed by atoms with E-state index in [1.165, 1.54) is 29.5 Å². The molecular formula is C30H34N2O2. The first-order valence-electron chi connectivity index (χ1n) is 12.6. The van der Waals surface area contributed by atoms with Gasteiger partial charge in [0.2, 0.25) is 0 Å². The lowest BCUT2D eigenvalue weighted by Gasteiger charge is -2.33. The van der Waals surface area contributed by atoms with Crippen LogP contribution in [0.2, 0.25) is 0 Å². The minimum atomic E-state index is 0.211. The van der Waals surface area contributed by atoms with E-state index < -0.39 is 0 Å². The van der Waals surface area contributed by atoms with E-state index in [1.54, 1.807) is 0 Å². The summed E-state index contributed by atoms with van der Waals surface area (Å²) in [4.78, 5) is 17.3. The quantitative estimate of drug-likeness (QED) is 0.405. The number of benzene rings is 3. The Morgan fingerprint density at radius 3 is 2.41 bits per heavy atom. The molecule has 0 N–H and O–H groups in total. The molecule has 0 unspecified atom stereocenters. The maximum absolute atomic E-state index is 12.7. The summed E-state index contributed by atoms with van der Waals surface area (Å²) in [6, 6.07) is 27.0. The van der Waals surface area contributed by atoms with E-state index in [0.717, 1.165) is 63.5 Å². The minimum Gasteiger partial charge on any atom is -0.493 e. The molecule has 0 spiro atoms. The fraction of sp³-hybridized carbons (Fsp3) is 0.367. The maximum atomic E-state index is 12.7. The number of amides is 1. The second-order valence-corrected chi connectivity index (χ2v) is 9.60. The molecule has 34 heavy (non-hydrogen) atoms. The molecule has 0 atom stereocenters. The fourth-order valence-corrected chi connectivity index (χ4v) is 5.24. The lowest BCUT2D eigenvalue weighted by atomic mass is 9.96. The smallest absolute Gasteiger partial charge is 0.254 e. The standard InChI is InChI=1S/C30H34N2O2/c33-30-28-13-6-4-12-27(28)23-32(30)22-25-15-18-31(19-16-25)17-8-20-34-29-14-7-5-11-26(29)21-24-9-2-1-3-10-24/h1-7,9-14,25H,8,15-23H2. The number of para-hydroxylation sites is 1. The molecule has 1 fully saturated rings.